The van der Waals surface area contributed by atoms with Crippen molar-refractivity contribution in [3.05, 3.63) is 101 Å². The third-order valence-corrected chi connectivity index (χ3v) is 7.76. The predicted molar refractivity (Wildman–Crippen MR) is 167 cm³/mol. The first-order valence-corrected chi connectivity index (χ1v) is 14.5. The highest BCUT2D eigenvalue weighted by molar-refractivity contribution is 6.31. The molecule has 0 bridgehead atoms. The summed E-state index contributed by atoms with van der Waals surface area (Å²) < 4.78 is 19.8. The highest BCUT2D eigenvalue weighted by Gasteiger charge is 2.25. The zero-order chi connectivity index (χ0) is 32.4. The van der Waals surface area contributed by atoms with Gasteiger partial charge in [0.05, 0.1) is 17.3 Å². The number of nitrogens with one attached hydrogen (secondary N) is 4. The van der Waals surface area contributed by atoms with E-state index in [2.05, 4.69) is 25.8 Å². The molecule has 12 nitrogen and oxygen atoms in total. The minimum absolute atomic E-state index is 0.00104. The number of carbonyl (C=O) groups excluding carboxylic acids is 3. The maximum absolute atomic E-state index is 14.6. The van der Waals surface area contributed by atoms with Crippen molar-refractivity contribution in [1.29, 1.82) is 0 Å². The maximum Gasteiger partial charge on any atom is 0.352 e. The number of aromatic carboxylic acids is 1. The van der Waals surface area contributed by atoms with Gasteiger partial charge in [0.2, 0.25) is 5.91 Å². The molecule has 14 heteroatoms. The minimum Gasteiger partial charge on any atom is -0.477 e. The summed E-state index contributed by atoms with van der Waals surface area (Å²) in [5.74, 6) is -3.18. The van der Waals surface area contributed by atoms with Crippen LogP contribution in [0.15, 0.2) is 72.8 Å². The number of fused-ring (bicyclic) bond motifs is 1. The number of carboxylic acids is 1. The second-order valence-corrected chi connectivity index (χ2v) is 10.9. The summed E-state index contributed by atoms with van der Waals surface area (Å²) >= 11 is 5.90. The Morgan fingerprint density at radius 2 is 1.89 bits per heavy atom. The number of morpholine rings is 1. The molecule has 1 saturated heterocycles. The van der Waals surface area contributed by atoms with Crippen LogP contribution in [0.3, 0.4) is 0 Å². The van der Waals surface area contributed by atoms with E-state index >= 15 is 0 Å². The topological polar surface area (TPSA) is 170 Å². The van der Waals surface area contributed by atoms with Crippen LogP contribution in [0.2, 0.25) is 5.02 Å². The lowest BCUT2D eigenvalue weighted by Crippen LogP contribution is -2.45. The molecule has 0 radical (unpaired) electrons. The number of hydrogen-bond donors (Lipinski definition) is 5. The molecule has 0 spiro atoms. The van der Waals surface area contributed by atoms with Gasteiger partial charge in [-0.25, -0.2) is 9.18 Å². The molecule has 46 heavy (non-hydrogen) atoms. The zero-order valence-electron chi connectivity index (χ0n) is 24.0. The van der Waals surface area contributed by atoms with Crippen LogP contribution < -0.4 is 15.5 Å². The molecule has 1 fully saturated rings. The molecule has 3 heterocycles. The average Bonchev–Trinajstić information content (AvgIpc) is 3.71. The number of anilines is 2. The molecule has 5 N–H and O–H groups in total. The normalized spacial score (nSPS) is 13.9. The van der Waals surface area contributed by atoms with Gasteiger partial charge in [-0.1, -0.05) is 29.8 Å². The number of amides is 3. The Labute approximate surface area is 265 Å². The Morgan fingerprint density at radius 3 is 2.65 bits per heavy atom. The van der Waals surface area contributed by atoms with E-state index in [-0.39, 0.29) is 46.6 Å². The predicted octanol–water partition coefficient (Wildman–Crippen LogP) is 4.39. The number of rotatable bonds is 9. The number of carboxylic acid groups (broad SMARTS) is 1. The third kappa shape index (κ3) is 6.46. The van der Waals surface area contributed by atoms with Gasteiger partial charge in [0.25, 0.3) is 11.8 Å². The highest BCUT2D eigenvalue weighted by Crippen LogP contribution is 2.27. The number of benzene rings is 3. The van der Waals surface area contributed by atoms with Crippen molar-refractivity contribution < 1.29 is 33.4 Å². The Balaban J connectivity index is 1.24. The number of aromatic nitrogens is 3. The third-order valence-electron chi connectivity index (χ3n) is 7.47. The lowest BCUT2D eigenvalue weighted by molar-refractivity contribution is -0.125. The monoisotopic (exact) mass is 644 g/mol. The molecule has 0 aliphatic carbocycles. The molecule has 2 aromatic heterocycles. The first-order valence-electron chi connectivity index (χ1n) is 14.1. The van der Waals surface area contributed by atoms with Crippen molar-refractivity contribution >= 4 is 57.6 Å². The Hall–Kier alpha value is -5.53. The Morgan fingerprint density at radius 1 is 1.09 bits per heavy atom. The van der Waals surface area contributed by atoms with Crippen LogP contribution in [0, 0.1) is 5.82 Å². The fourth-order valence-corrected chi connectivity index (χ4v) is 5.30. The Kier molecular flexibility index (Phi) is 8.51. The smallest absolute Gasteiger partial charge is 0.352 e. The van der Waals surface area contributed by atoms with Gasteiger partial charge in [-0.15, -0.1) is 0 Å². The molecule has 1 unspecified atom stereocenters. The van der Waals surface area contributed by atoms with Crippen molar-refractivity contribution in [3.8, 4) is 11.3 Å². The maximum atomic E-state index is 14.6. The van der Waals surface area contributed by atoms with E-state index in [1.807, 2.05) is 0 Å². The highest BCUT2D eigenvalue weighted by atomic mass is 35.5. The summed E-state index contributed by atoms with van der Waals surface area (Å²) in [4.78, 5) is 55.0. The molecule has 3 aromatic carbocycles. The van der Waals surface area contributed by atoms with Crippen LogP contribution in [0.25, 0.3) is 22.2 Å². The van der Waals surface area contributed by atoms with E-state index in [4.69, 9.17) is 16.3 Å². The van der Waals surface area contributed by atoms with Crippen molar-refractivity contribution in [1.82, 2.24) is 20.5 Å². The molecule has 6 rings (SSSR count). The number of hydrogen-bond acceptors (Lipinski definition) is 6. The molecular formula is C32H26ClFN6O6. The van der Waals surface area contributed by atoms with E-state index < -0.39 is 29.6 Å². The van der Waals surface area contributed by atoms with E-state index in [0.29, 0.717) is 41.0 Å². The fraction of sp³-hybridized carbons (Fsp3) is 0.156. The standard InChI is InChI=1S/C32H26ClFN6O6/c33-22-3-1-2-21(29(22)34)24-15-26(39-38-24)31(43)37-25(12-17-4-7-20(8-5-17)40-10-11-46-16-28(40)41)30(42)35-19-6-9-23-18(13-19)14-27(36-23)32(44)45/h1-9,13-15,25,36H,10-12,16H2,(H,35,42)(H,37,43)(H,38,39)(H,44,45). The first-order chi connectivity index (χ1) is 22.2. The molecule has 5 aromatic rings. The molecule has 3 amide bonds. The fourth-order valence-electron chi connectivity index (χ4n) is 5.12. The van der Waals surface area contributed by atoms with Crippen LogP contribution >= 0.6 is 11.6 Å². The summed E-state index contributed by atoms with van der Waals surface area (Å²) in [5, 5.41) is 21.9. The number of carbonyl (C=O) groups is 4. The summed E-state index contributed by atoms with van der Waals surface area (Å²) in [7, 11) is 0. The van der Waals surface area contributed by atoms with Crippen LogP contribution in [-0.4, -0.2) is 69.8 Å². The van der Waals surface area contributed by atoms with Gasteiger partial charge in [-0.2, -0.15) is 5.10 Å². The van der Waals surface area contributed by atoms with E-state index in [9.17, 15) is 28.7 Å². The number of nitrogens with zero attached hydrogens (tertiary/aromatic N) is 2. The second-order valence-electron chi connectivity index (χ2n) is 10.5. The van der Waals surface area contributed by atoms with Gasteiger partial charge in [-0.05, 0) is 60.2 Å². The number of ether oxygens (including phenoxy) is 1. The molecule has 1 aliphatic heterocycles. The number of halogens is 2. The second kappa shape index (κ2) is 12.8. The Bertz CT molecular complexity index is 1970. The van der Waals surface area contributed by atoms with Crippen LogP contribution in [0.5, 0.6) is 0 Å². The van der Waals surface area contributed by atoms with Crippen molar-refractivity contribution in [2.45, 2.75) is 12.5 Å². The summed E-state index contributed by atoms with van der Waals surface area (Å²) in [6.07, 6.45) is 0.0741. The van der Waals surface area contributed by atoms with E-state index in [1.54, 1.807) is 53.4 Å². The van der Waals surface area contributed by atoms with Crippen LogP contribution in [0.1, 0.15) is 26.5 Å². The van der Waals surface area contributed by atoms with E-state index in [0.717, 1.165) is 0 Å². The lowest BCUT2D eigenvalue weighted by Gasteiger charge is -2.27. The zero-order valence-corrected chi connectivity index (χ0v) is 24.7. The van der Waals surface area contributed by atoms with Crippen molar-refractivity contribution in [2.24, 2.45) is 0 Å². The van der Waals surface area contributed by atoms with Gasteiger partial charge >= 0.3 is 5.97 Å². The van der Waals surface area contributed by atoms with Gasteiger partial charge < -0.3 is 30.4 Å². The van der Waals surface area contributed by atoms with E-state index in [1.165, 1.54) is 24.3 Å². The average molecular weight is 645 g/mol. The van der Waals surface area contributed by atoms with Crippen LogP contribution in [-0.2, 0) is 20.7 Å². The number of H-pyrrole nitrogens is 2. The largest absolute Gasteiger partial charge is 0.477 e. The van der Waals surface area contributed by atoms with Crippen molar-refractivity contribution in [3.63, 3.8) is 0 Å². The van der Waals surface area contributed by atoms with Crippen LogP contribution in [0.4, 0.5) is 15.8 Å². The van der Waals surface area contributed by atoms with Gasteiger partial charge in [-0.3, -0.25) is 19.5 Å². The summed E-state index contributed by atoms with van der Waals surface area (Å²) in [6.45, 7) is 0.845. The minimum atomic E-state index is -1.12. The van der Waals surface area contributed by atoms with Crippen molar-refractivity contribution in [2.75, 3.05) is 30.0 Å². The first kappa shape index (κ1) is 30.5. The van der Waals surface area contributed by atoms with Gasteiger partial charge in [0.15, 0.2) is 11.5 Å². The summed E-state index contributed by atoms with van der Waals surface area (Å²) in [6, 6.07) is 18.1. The summed E-state index contributed by atoms with van der Waals surface area (Å²) in [5.41, 5.74) is 2.60. The van der Waals surface area contributed by atoms with Gasteiger partial charge in [0, 0.05) is 40.8 Å². The number of aromatic amines is 2. The molecule has 0 saturated carbocycles. The lowest BCUT2D eigenvalue weighted by atomic mass is 10.0. The quantitative estimate of drug-likeness (QED) is 0.158. The van der Waals surface area contributed by atoms with Gasteiger partial charge in [0.1, 0.15) is 18.3 Å². The molecule has 234 valence electrons. The molecule has 1 aliphatic rings. The molecule has 1 atom stereocenters. The molecular weight excluding hydrogens is 619 g/mol. The SMILES string of the molecule is O=C(NC(Cc1ccc(N2CCOCC2=O)cc1)C(=O)Nc1ccc2[nH]c(C(=O)O)cc2c1)c1cc(-c2cccc(Cl)c2F)[nH]n1.